The molecule has 1 fully saturated rings. The molecule has 1 atom stereocenters. The Morgan fingerprint density at radius 3 is 2.20 bits per heavy atom. The molecule has 0 aliphatic carbocycles. The van der Waals surface area contributed by atoms with Crippen LogP contribution in [0.25, 0.3) is 22.4 Å². The number of amides is 2. The fourth-order valence-electron chi connectivity index (χ4n) is 5.52. The number of hydrogen-bond acceptors (Lipinski definition) is 10. The van der Waals surface area contributed by atoms with Crippen molar-refractivity contribution in [2.45, 2.75) is 23.6 Å². The van der Waals surface area contributed by atoms with Crippen LogP contribution in [0.3, 0.4) is 0 Å². The van der Waals surface area contributed by atoms with Crippen LogP contribution in [0.4, 0.5) is 5.69 Å². The van der Waals surface area contributed by atoms with E-state index in [0.29, 0.717) is 40.0 Å². The molecule has 0 spiro atoms. The molecule has 1 aliphatic heterocycles. The Morgan fingerprint density at radius 1 is 0.882 bits per heavy atom. The third-order valence-electron chi connectivity index (χ3n) is 8.11. The Kier molecular flexibility index (Phi) is 10.5. The van der Waals surface area contributed by atoms with Gasteiger partial charge >= 0.3 is 5.97 Å². The van der Waals surface area contributed by atoms with Gasteiger partial charge in [-0.1, -0.05) is 54.2 Å². The third kappa shape index (κ3) is 7.66. The number of nitrogens with zero attached hydrogens (tertiary/aromatic N) is 3. The second-order valence-electron chi connectivity index (χ2n) is 11.3. The van der Waals surface area contributed by atoms with Crippen LogP contribution in [-0.2, 0) is 14.3 Å². The lowest BCUT2D eigenvalue weighted by atomic mass is 9.99. The van der Waals surface area contributed by atoms with E-state index in [1.165, 1.54) is 24.3 Å². The number of anilines is 1. The van der Waals surface area contributed by atoms with Gasteiger partial charge in [0.05, 0.1) is 41.5 Å². The Balaban J connectivity index is 1.18. The average molecular weight is 698 g/mol. The van der Waals surface area contributed by atoms with Crippen LogP contribution in [0, 0.1) is 11.3 Å². The number of carbonyl (C=O) groups excluding carboxylic acids is 4. The molecular weight excluding hydrogens is 667 g/mol. The van der Waals surface area contributed by atoms with E-state index >= 15 is 0 Å². The minimum Gasteiger partial charge on any atom is -0.497 e. The number of Topliss-reactive ketones (excluding diaryl/α,β-unsaturated/α-hetero) is 1. The van der Waals surface area contributed by atoms with Gasteiger partial charge in [-0.05, 0) is 79.2 Å². The van der Waals surface area contributed by atoms with E-state index < -0.39 is 29.6 Å². The zero-order valence-corrected chi connectivity index (χ0v) is 28.5. The maximum absolute atomic E-state index is 13.7. The lowest BCUT2D eigenvalue weighted by Gasteiger charge is -2.16. The highest BCUT2D eigenvalue weighted by Gasteiger charge is 2.41. The molecule has 0 saturated carbocycles. The van der Waals surface area contributed by atoms with E-state index in [4.69, 9.17) is 19.2 Å². The van der Waals surface area contributed by atoms with Gasteiger partial charge in [-0.25, -0.2) is 14.7 Å². The van der Waals surface area contributed by atoms with Crippen molar-refractivity contribution in [2.75, 3.05) is 25.2 Å². The molecule has 0 bridgehead atoms. The summed E-state index contributed by atoms with van der Waals surface area (Å²) in [6.07, 6.45) is -0.110. The predicted octanol–water partition coefficient (Wildman–Crippen LogP) is 7.16. The third-order valence-corrected chi connectivity index (χ3v) is 9.28. The minimum absolute atomic E-state index is 0.110. The number of benzene rings is 4. The number of esters is 1. The number of ketones is 1. The van der Waals surface area contributed by atoms with E-state index in [1.807, 2.05) is 55.5 Å². The number of thioether (sulfide) groups is 1. The highest BCUT2D eigenvalue weighted by molar-refractivity contribution is 8.00. The SMILES string of the molecule is CCOc1ccc(C(=O)COC(=O)c2ccc(N3C(=O)CC(Sc4nc(-c5ccccc5)cc(-c5ccc(OC)cc5)c4C#N)C3=O)cc2)cc1. The summed E-state index contributed by atoms with van der Waals surface area (Å²) in [6.45, 7) is 1.90. The van der Waals surface area contributed by atoms with Gasteiger partial charge in [0.1, 0.15) is 22.6 Å². The van der Waals surface area contributed by atoms with Gasteiger partial charge in [0.25, 0.3) is 0 Å². The summed E-state index contributed by atoms with van der Waals surface area (Å²) >= 11 is 1.07. The van der Waals surface area contributed by atoms with Gasteiger partial charge in [0, 0.05) is 23.1 Å². The predicted molar refractivity (Wildman–Crippen MR) is 192 cm³/mol. The quantitative estimate of drug-likeness (QED) is 0.0751. The first-order valence-corrected chi connectivity index (χ1v) is 16.9. The van der Waals surface area contributed by atoms with E-state index in [1.54, 1.807) is 43.5 Å². The summed E-state index contributed by atoms with van der Waals surface area (Å²) < 4.78 is 15.9. The number of pyridine rings is 1. The van der Waals surface area contributed by atoms with Crippen molar-refractivity contribution >= 4 is 41.0 Å². The van der Waals surface area contributed by atoms with E-state index in [9.17, 15) is 24.4 Å². The zero-order chi connectivity index (χ0) is 35.9. The van der Waals surface area contributed by atoms with Crippen LogP contribution in [0.15, 0.2) is 114 Å². The lowest BCUT2D eigenvalue weighted by molar-refractivity contribution is -0.121. The van der Waals surface area contributed by atoms with Gasteiger partial charge in [0.2, 0.25) is 11.8 Å². The summed E-state index contributed by atoms with van der Waals surface area (Å²) in [6, 6.07) is 33.3. The molecule has 10 nitrogen and oxygen atoms in total. The monoisotopic (exact) mass is 697 g/mol. The fourth-order valence-corrected chi connectivity index (χ4v) is 6.65. The van der Waals surface area contributed by atoms with Crippen molar-refractivity contribution in [3.05, 3.63) is 126 Å². The molecule has 6 rings (SSSR count). The van der Waals surface area contributed by atoms with Gasteiger partial charge in [-0.15, -0.1) is 0 Å². The lowest BCUT2D eigenvalue weighted by Crippen LogP contribution is -2.31. The first-order chi connectivity index (χ1) is 24.8. The van der Waals surface area contributed by atoms with Gasteiger partial charge < -0.3 is 14.2 Å². The summed E-state index contributed by atoms with van der Waals surface area (Å²) in [4.78, 5) is 58.0. The smallest absolute Gasteiger partial charge is 0.338 e. The molecular formula is C40H31N3O7S. The number of rotatable bonds is 12. The Labute approximate surface area is 298 Å². The number of ether oxygens (including phenoxy) is 3. The van der Waals surface area contributed by atoms with Crippen molar-refractivity contribution in [3.8, 4) is 40.0 Å². The van der Waals surface area contributed by atoms with Crippen LogP contribution in [0.5, 0.6) is 11.5 Å². The molecule has 0 N–H and O–H groups in total. The topological polar surface area (TPSA) is 136 Å². The van der Waals surface area contributed by atoms with Crippen LogP contribution >= 0.6 is 11.8 Å². The average Bonchev–Trinajstić information content (AvgIpc) is 3.45. The zero-order valence-electron chi connectivity index (χ0n) is 27.7. The molecule has 4 aromatic carbocycles. The largest absolute Gasteiger partial charge is 0.497 e. The number of imide groups is 1. The molecule has 1 aliphatic rings. The van der Waals surface area contributed by atoms with Crippen molar-refractivity contribution < 1.29 is 33.4 Å². The molecule has 1 aromatic heterocycles. The number of hydrogen-bond donors (Lipinski definition) is 0. The van der Waals surface area contributed by atoms with E-state index in [0.717, 1.165) is 27.8 Å². The molecule has 254 valence electrons. The van der Waals surface area contributed by atoms with Crippen LogP contribution in [-0.4, -0.2) is 54.1 Å². The Bertz CT molecular complexity index is 2130. The van der Waals surface area contributed by atoms with E-state index in [2.05, 4.69) is 6.07 Å². The van der Waals surface area contributed by atoms with Gasteiger partial charge in [-0.2, -0.15) is 5.26 Å². The number of nitriles is 1. The second kappa shape index (κ2) is 15.5. The molecule has 2 heterocycles. The van der Waals surface area contributed by atoms with Crippen LogP contribution in [0.2, 0.25) is 0 Å². The molecule has 1 saturated heterocycles. The standard InChI is InChI=1S/C40H31N3O7S/c1-3-49-31-19-13-27(14-20-31)35(44)24-50-40(47)28-9-15-29(16-10-28)43-37(45)22-36(39(43)46)51-38-33(23-41)32(25-11-17-30(48-2)18-12-25)21-34(42-38)26-7-5-4-6-8-26/h4-21,36H,3,22,24H2,1-2H3. The van der Waals surface area contributed by atoms with Crippen molar-refractivity contribution in [3.63, 3.8) is 0 Å². The van der Waals surface area contributed by atoms with Crippen LogP contribution in [0.1, 0.15) is 39.6 Å². The first-order valence-electron chi connectivity index (χ1n) is 16.0. The number of aromatic nitrogens is 1. The van der Waals surface area contributed by atoms with Crippen molar-refractivity contribution in [2.24, 2.45) is 0 Å². The normalized spacial score (nSPS) is 13.8. The van der Waals surface area contributed by atoms with Crippen molar-refractivity contribution in [1.82, 2.24) is 4.98 Å². The van der Waals surface area contributed by atoms with Crippen LogP contribution < -0.4 is 14.4 Å². The Morgan fingerprint density at radius 2 is 1.55 bits per heavy atom. The van der Waals surface area contributed by atoms with Crippen molar-refractivity contribution in [1.29, 1.82) is 5.26 Å². The maximum Gasteiger partial charge on any atom is 0.338 e. The molecule has 0 radical (unpaired) electrons. The van der Waals surface area contributed by atoms with Gasteiger partial charge in [0.15, 0.2) is 12.4 Å². The number of methoxy groups -OCH3 is 1. The van der Waals surface area contributed by atoms with Gasteiger partial charge in [-0.3, -0.25) is 14.4 Å². The molecule has 2 amide bonds. The molecule has 5 aromatic rings. The molecule has 1 unspecified atom stereocenters. The maximum atomic E-state index is 13.7. The summed E-state index contributed by atoms with van der Waals surface area (Å²) in [7, 11) is 1.58. The summed E-state index contributed by atoms with van der Waals surface area (Å²) in [5.41, 5.74) is 3.93. The highest BCUT2D eigenvalue weighted by Crippen LogP contribution is 2.39. The highest BCUT2D eigenvalue weighted by atomic mass is 32.2. The summed E-state index contributed by atoms with van der Waals surface area (Å²) in [5, 5.41) is 9.81. The summed E-state index contributed by atoms with van der Waals surface area (Å²) in [5.74, 6) is -0.705. The first kappa shape index (κ1) is 34.6. The minimum atomic E-state index is -0.843. The molecule has 51 heavy (non-hydrogen) atoms. The number of carbonyl (C=O) groups is 4. The molecule has 11 heteroatoms. The Hall–Kier alpha value is -6.25. The second-order valence-corrected chi connectivity index (χ2v) is 12.5. The van der Waals surface area contributed by atoms with E-state index in [-0.39, 0.29) is 29.0 Å². The fraction of sp³-hybridized carbons (Fsp3) is 0.150.